The lowest BCUT2D eigenvalue weighted by Crippen LogP contribution is -2.27. The molecule has 7 nitrogen and oxygen atoms in total. The Labute approximate surface area is 140 Å². The zero-order valence-corrected chi connectivity index (χ0v) is 14.0. The fourth-order valence-corrected chi connectivity index (χ4v) is 2.11. The number of likely N-dealkylation sites (N-methyl/N-ethyl adjacent to an activating group) is 1. The van der Waals surface area contributed by atoms with Gasteiger partial charge in [-0.15, -0.1) is 0 Å². The number of aromatic nitrogens is 3. The van der Waals surface area contributed by atoms with E-state index in [2.05, 4.69) is 27.1 Å². The van der Waals surface area contributed by atoms with E-state index in [-0.39, 0.29) is 17.9 Å². The molecule has 0 aliphatic heterocycles. The Morgan fingerprint density at radius 1 is 1.38 bits per heavy atom. The van der Waals surface area contributed by atoms with E-state index < -0.39 is 0 Å². The fraction of sp³-hybridized carbons (Fsp3) is 0.294. The Morgan fingerprint density at radius 3 is 2.58 bits per heavy atom. The van der Waals surface area contributed by atoms with Gasteiger partial charge in [0.05, 0.1) is 6.04 Å². The predicted molar refractivity (Wildman–Crippen MR) is 91.7 cm³/mol. The summed E-state index contributed by atoms with van der Waals surface area (Å²) in [6, 6.07) is 6.45. The number of H-pyrrole nitrogens is 1. The van der Waals surface area contributed by atoms with Gasteiger partial charge in [-0.3, -0.25) is 14.7 Å². The van der Waals surface area contributed by atoms with Crippen molar-refractivity contribution in [3.8, 4) is 0 Å². The summed E-state index contributed by atoms with van der Waals surface area (Å²) in [5.74, 6) is 0.894. The molecule has 0 bridgehead atoms. The van der Waals surface area contributed by atoms with Crippen molar-refractivity contribution in [3.05, 3.63) is 54.1 Å². The van der Waals surface area contributed by atoms with Gasteiger partial charge in [-0.2, -0.15) is 5.10 Å². The summed E-state index contributed by atoms with van der Waals surface area (Å²) < 4.78 is 0. The van der Waals surface area contributed by atoms with Crippen molar-refractivity contribution < 1.29 is 9.59 Å². The summed E-state index contributed by atoms with van der Waals surface area (Å²) in [6.45, 7) is 7.25. The number of amides is 2. The summed E-state index contributed by atoms with van der Waals surface area (Å²) in [5, 5.41) is 9.77. The normalized spacial score (nSPS) is 11.6. The number of nitrogens with one attached hydrogen (secondary N) is 2. The minimum atomic E-state index is -0.307. The van der Waals surface area contributed by atoms with Crippen LogP contribution in [0.15, 0.2) is 36.9 Å². The Bertz CT molecular complexity index is 736. The lowest BCUT2D eigenvalue weighted by atomic mass is 10.1. The second-order valence-corrected chi connectivity index (χ2v) is 5.34. The third-order valence-electron chi connectivity index (χ3n) is 3.64. The lowest BCUT2D eigenvalue weighted by Gasteiger charge is -2.16. The van der Waals surface area contributed by atoms with Gasteiger partial charge >= 0.3 is 0 Å². The van der Waals surface area contributed by atoms with Crippen LogP contribution in [0.25, 0.3) is 0 Å². The Morgan fingerprint density at radius 2 is 2.04 bits per heavy atom. The minimum Gasteiger partial charge on any atom is -0.342 e. The van der Waals surface area contributed by atoms with Crippen LogP contribution >= 0.6 is 0 Å². The average Bonchev–Trinajstić information content (AvgIpc) is 3.09. The van der Waals surface area contributed by atoms with Gasteiger partial charge < -0.3 is 10.2 Å². The van der Waals surface area contributed by atoms with Crippen molar-refractivity contribution >= 4 is 17.5 Å². The largest absolute Gasteiger partial charge is 0.342 e. The molecule has 1 heterocycles. The van der Waals surface area contributed by atoms with Crippen LogP contribution in [0.3, 0.4) is 0 Å². The van der Waals surface area contributed by atoms with E-state index in [9.17, 15) is 9.59 Å². The van der Waals surface area contributed by atoms with E-state index >= 15 is 0 Å². The molecular weight excluding hydrogens is 306 g/mol. The molecular formula is C17H21N5O2. The molecule has 0 fully saturated rings. The van der Waals surface area contributed by atoms with E-state index in [4.69, 9.17) is 0 Å². The van der Waals surface area contributed by atoms with Crippen molar-refractivity contribution in [1.29, 1.82) is 0 Å². The van der Waals surface area contributed by atoms with Crippen LogP contribution in [0.4, 0.5) is 5.69 Å². The van der Waals surface area contributed by atoms with Gasteiger partial charge in [0.2, 0.25) is 5.91 Å². The van der Waals surface area contributed by atoms with Gasteiger partial charge in [0.1, 0.15) is 5.82 Å². The highest BCUT2D eigenvalue weighted by molar-refractivity contribution is 6.01. The number of anilines is 1. The first-order valence-corrected chi connectivity index (χ1v) is 7.68. The molecule has 0 aliphatic carbocycles. The van der Waals surface area contributed by atoms with Gasteiger partial charge in [0.25, 0.3) is 5.91 Å². The first kappa shape index (κ1) is 17.4. The smallest absolute Gasteiger partial charge is 0.251 e. The fourth-order valence-electron chi connectivity index (χ4n) is 2.11. The van der Waals surface area contributed by atoms with Crippen LogP contribution in [0, 0.1) is 0 Å². The molecule has 1 aromatic heterocycles. The molecule has 1 atom stereocenters. The van der Waals surface area contributed by atoms with Crippen molar-refractivity contribution in [3.63, 3.8) is 0 Å². The van der Waals surface area contributed by atoms with Crippen LogP contribution in [0.2, 0.25) is 0 Å². The minimum absolute atomic E-state index is 0.211. The van der Waals surface area contributed by atoms with Gasteiger partial charge in [0.15, 0.2) is 5.82 Å². The van der Waals surface area contributed by atoms with E-state index in [0.717, 1.165) is 12.2 Å². The summed E-state index contributed by atoms with van der Waals surface area (Å²) in [4.78, 5) is 29.6. The van der Waals surface area contributed by atoms with Crippen LogP contribution in [0.1, 0.15) is 41.9 Å². The van der Waals surface area contributed by atoms with Gasteiger partial charge in [-0.1, -0.05) is 13.5 Å². The van der Waals surface area contributed by atoms with Gasteiger partial charge in [0, 0.05) is 24.7 Å². The third-order valence-corrected chi connectivity index (χ3v) is 3.64. The predicted octanol–water partition coefficient (Wildman–Crippen LogP) is 2.01. The molecule has 0 saturated heterocycles. The quantitative estimate of drug-likeness (QED) is 0.794. The first-order chi connectivity index (χ1) is 11.5. The Kier molecular flexibility index (Phi) is 5.47. The van der Waals surface area contributed by atoms with Gasteiger partial charge in [-0.05, 0) is 37.3 Å². The molecule has 0 saturated carbocycles. The number of rotatable bonds is 6. The van der Waals surface area contributed by atoms with Crippen molar-refractivity contribution in [2.45, 2.75) is 26.3 Å². The maximum atomic E-state index is 12.3. The molecule has 0 radical (unpaired) electrons. The third kappa shape index (κ3) is 3.87. The highest BCUT2D eigenvalue weighted by Gasteiger charge is 2.16. The number of benzene rings is 1. The van der Waals surface area contributed by atoms with Crippen LogP contribution < -0.4 is 10.2 Å². The molecule has 1 unspecified atom stereocenters. The monoisotopic (exact) mass is 327 g/mol. The van der Waals surface area contributed by atoms with E-state index in [1.54, 1.807) is 31.3 Å². The van der Waals surface area contributed by atoms with Crippen molar-refractivity contribution in [2.24, 2.45) is 0 Å². The number of hydrogen-bond acceptors (Lipinski definition) is 4. The molecule has 2 amide bonds. The van der Waals surface area contributed by atoms with E-state index in [0.29, 0.717) is 17.1 Å². The maximum absolute atomic E-state index is 12.3. The molecule has 1 aromatic carbocycles. The summed E-state index contributed by atoms with van der Waals surface area (Å²) >= 11 is 0. The second-order valence-electron chi connectivity index (χ2n) is 5.34. The van der Waals surface area contributed by atoms with Gasteiger partial charge in [-0.25, -0.2) is 4.98 Å². The first-order valence-electron chi connectivity index (χ1n) is 7.68. The van der Waals surface area contributed by atoms with E-state index in [1.807, 2.05) is 13.8 Å². The molecule has 2 aromatic rings. The summed E-state index contributed by atoms with van der Waals surface area (Å²) in [7, 11) is 1.65. The van der Waals surface area contributed by atoms with Crippen LogP contribution in [-0.2, 0) is 11.2 Å². The number of aromatic amines is 1. The van der Waals surface area contributed by atoms with Crippen LogP contribution in [0.5, 0.6) is 0 Å². The Hall–Kier alpha value is -2.96. The number of aryl methyl sites for hydroxylation is 1. The van der Waals surface area contributed by atoms with E-state index in [1.165, 1.54) is 11.0 Å². The average molecular weight is 327 g/mol. The molecule has 2 N–H and O–H groups in total. The molecule has 0 aliphatic rings. The van der Waals surface area contributed by atoms with Crippen molar-refractivity contribution in [2.75, 3.05) is 11.9 Å². The molecule has 0 spiro atoms. The SMILES string of the molecule is C=CC(=O)N(C)c1ccc(C(=O)NC(C)c2n[nH]c(CC)n2)cc1. The summed E-state index contributed by atoms with van der Waals surface area (Å²) in [5.41, 5.74) is 1.18. The molecule has 2 rings (SSSR count). The molecule has 126 valence electrons. The number of nitrogens with zero attached hydrogens (tertiary/aromatic N) is 3. The number of carbonyl (C=O) groups excluding carboxylic acids is 2. The molecule has 7 heteroatoms. The second kappa shape index (κ2) is 7.54. The number of carbonyl (C=O) groups is 2. The highest BCUT2D eigenvalue weighted by atomic mass is 16.2. The number of hydrogen-bond donors (Lipinski definition) is 2. The Balaban J connectivity index is 2.04. The standard InChI is InChI=1S/C17H21N5O2/c1-5-14-19-16(21-20-14)11(3)18-17(24)12-7-9-13(10-8-12)22(4)15(23)6-2/h6-11H,2,5H2,1,3-4H3,(H,18,24)(H,19,20,21). The van der Waals surface area contributed by atoms with Crippen molar-refractivity contribution in [1.82, 2.24) is 20.5 Å². The topological polar surface area (TPSA) is 91.0 Å². The summed E-state index contributed by atoms with van der Waals surface area (Å²) in [6.07, 6.45) is 2.00. The highest BCUT2D eigenvalue weighted by Crippen LogP contribution is 2.15. The van der Waals surface area contributed by atoms with Crippen LogP contribution in [-0.4, -0.2) is 34.0 Å². The maximum Gasteiger partial charge on any atom is 0.251 e. The molecule has 24 heavy (non-hydrogen) atoms. The zero-order valence-electron chi connectivity index (χ0n) is 14.0. The lowest BCUT2D eigenvalue weighted by molar-refractivity contribution is -0.113. The zero-order chi connectivity index (χ0) is 17.7.